The minimum absolute atomic E-state index is 0. The quantitative estimate of drug-likeness (QED) is 0.389. The fraction of sp³-hybridized carbons (Fsp3) is 0. The van der Waals surface area contributed by atoms with E-state index in [1.165, 1.54) is 0 Å². The van der Waals surface area contributed by atoms with Gasteiger partial charge in [-0.3, -0.25) is 4.57 Å². The molecular weight excluding hydrogens is 528 g/mol. The summed E-state index contributed by atoms with van der Waals surface area (Å²) in [5, 5.41) is 26.9. The van der Waals surface area contributed by atoms with Gasteiger partial charge in [-0.25, -0.2) is 14.4 Å². The summed E-state index contributed by atoms with van der Waals surface area (Å²) in [6.07, 6.45) is 0. The second-order valence-corrected chi connectivity index (χ2v) is 7.48. The molecule has 0 spiro atoms. The number of carboxylic acid groups (broad SMARTS) is 3. The largest absolute Gasteiger partial charge is 0.475 e. The monoisotopic (exact) mass is 538 g/mol. The number of furan rings is 3. The molecule has 3 rings (SSSR count). The van der Waals surface area contributed by atoms with Gasteiger partial charge < -0.3 is 28.6 Å². The van der Waals surface area contributed by atoms with Gasteiger partial charge in [0.1, 0.15) is 0 Å². The van der Waals surface area contributed by atoms with Gasteiger partial charge >= 0.3 is 17.9 Å². The molecule has 0 amide bonds. The minimum Gasteiger partial charge on any atom is -0.475 e. The van der Waals surface area contributed by atoms with E-state index in [1.807, 2.05) is 0 Å². The molecule has 142 valence electrons. The number of hydrogen-bond donors (Lipinski definition) is 3. The third-order valence-corrected chi connectivity index (χ3v) is 5.92. The Morgan fingerprint density at radius 3 is 1.07 bits per heavy atom. The Labute approximate surface area is 181 Å². The van der Waals surface area contributed by atoms with Crippen molar-refractivity contribution in [3.8, 4) is 0 Å². The Bertz CT molecular complexity index is 938. The SMILES string of the molecule is O=C(O)c1ccc(P(=O)(c2ccc(C(=O)O)o2)c2ccc(C(=O)O)o2)o1.[Gd]. The Morgan fingerprint density at radius 1 is 0.630 bits per heavy atom. The third kappa shape index (κ3) is 3.77. The molecule has 12 heteroatoms. The maximum absolute atomic E-state index is 13.7. The van der Waals surface area contributed by atoms with Crippen LogP contribution in [0.3, 0.4) is 0 Å². The van der Waals surface area contributed by atoms with Crippen LogP contribution < -0.4 is 16.5 Å². The Morgan fingerprint density at radius 2 is 0.889 bits per heavy atom. The summed E-state index contributed by atoms with van der Waals surface area (Å²) in [6, 6.07) is 6.47. The summed E-state index contributed by atoms with van der Waals surface area (Å²) in [7, 11) is -4.12. The topological polar surface area (TPSA) is 168 Å². The van der Waals surface area contributed by atoms with Crippen molar-refractivity contribution in [2.75, 3.05) is 0 Å². The van der Waals surface area contributed by atoms with Gasteiger partial charge in [0.2, 0.25) is 17.3 Å². The molecule has 3 aromatic rings. The number of carbonyl (C=O) groups is 3. The second-order valence-electron chi connectivity index (χ2n) is 4.94. The molecule has 0 fully saturated rings. The van der Waals surface area contributed by atoms with E-state index in [0.717, 1.165) is 36.4 Å². The molecular formula is C15H9GdO10P. The molecule has 0 unspecified atom stereocenters. The first-order chi connectivity index (χ1) is 12.2. The number of aromatic carboxylic acids is 3. The zero-order valence-electron chi connectivity index (χ0n) is 13.0. The van der Waals surface area contributed by atoms with Gasteiger partial charge in [-0.05, 0) is 36.4 Å². The van der Waals surface area contributed by atoms with Crippen molar-refractivity contribution >= 4 is 41.6 Å². The van der Waals surface area contributed by atoms with E-state index >= 15 is 0 Å². The molecule has 3 aromatic heterocycles. The van der Waals surface area contributed by atoms with Crippen LogP contribution in [0.1, 0.15) is 31.7 Å². The molecule has 0 aliphatic rings. The second kappa shape index (κ2) is 7.81. The minimum atomic E-state index is -4.12. The van der Waals surface area contributed by atoms with Gasteiger partial charge in [0.25, 0.3) is 7.14 Å². The number of rotatable bonds is 6. The predicted octanol–water partition coefficient (Wildman–Crippen LogP) is 1.20. The van der Waals surface area contributed by atoms with E-state index in [9.17, 15) is 18.9 Å². The Balaban J connectivity index is 0.00000261. The van der Waals surface area contributed by atoms with Crippen LogP contribution in [0.5, 0.6) is 0 Å². The summed E-state index contributed by atoms with van der Waals surface area (Å²) in [6.45, 7) is 0. The van der Waals surface area contributed by atoms with Crippen molar-refractivity contribution in [1.29, 1.82) is 0 Å². The van der Waals surface area contributed by atoms with E-state index in [2.05, 4.69) is 0 Å². The summed E-state index contributed by atoms with van der Waals surface area (Å²) in [4.78, 5) is 33.0. The van der Waals surface area contributed by atoms with Crippen LogP contribution in [0.2, 0.25) is 0 Å². The summed E-state index contributed by atoms with van der Waals surface area (Å²) in [5.74, 6) is -5.81. The van der Waals surface area contributed by atoms with E-state index in [0.29, 0.717) is 0 Å². The maximum Gasteiger partial charge on any atom is 0.371 e. The number of hydrogen-bond acceptors (Lipinski definition) is 7. The van der Waals surface area contributed by atoms with Crippen LogP contribution in [0, 0.1) is 39.9 Å². The van der Waals surface area contributed by atoms with Gasteiger partial charge in [0.05, 0.1) is 0 Å². The first kappa shape index (κ1) is 21.1. The van der Waals surface area contributed by atoms with E-state index < -0.39 is 42.3 Å². The maximum atomic E-state index is 13.7. The smallest absolute Gasteiger partial charge is 0.371 e. The van der Waals surface area contributed by atoms with Crippen molar-refractivity contribution in [3.63, 3.8) is 0 Å². The van der Waals surface area contributed by atoms with Crippen LogP contribution in [0.25, 0.3) is 0 Å². The zero-order chi connectivity index (χ0) is 19.1. The summed E-state index contributed by atoms with van der Waals surface area (Å²) in [5.41, 5.74) is -1.10. The fourth-order valence-corrected chi connectivity index (χ4v) is 4.35. The average Bonchev–Trinajstić information content (AvgIpc) is 3.33. The van der Waals surface area contributed by atoms with Gasteiger partial charge in [0.15, 0.2) is 16.5 Å². The third-order valence-electron chi connectivity index (χ3n) is 3.34. The fourth-order valence-electron chi connectivity index (χ4n) is 2.16. The van der Waals surface area contributed by atoms with Gasteiger partial charge in [0, 0.05) is 39.9 Å². The van der Waals surface area contributed by atoms with Crippen molar-refractivity contribution in [2.24, 2.45) is 0 Å². The average molecular weight is 537 g/mol. The van der Waals surface area contributed by atoms with Gasteiger partial charge in [-0.2, -0.15) is 0 Å². The summed E-state index contributed by atoms with van der Waals surface area (Å²) < 4.78 is 28.9. The number of carboxylic acids is 3. The van der Waals surface area contributed by atoms with E-state index in [1.54, 1.807) is 0 Å². The molecule has 10 nitrogen and oxygen atoms in total. The normalized spacial score (nSPS) is 11.0. The molecule has 0 saturated carbocycles. The van der Waals surface area contributed by atoms with Crippen molar-refractivity contribution in [3.05, 3.63) is 53.7 Å². The van der Waals surface area contributed by atoms with E-state index in [-0.39, 0.29) is 56.4 Å². The summed E-state index contributed by atoms with van der Waals surface area (Å²) >= 11 is 0. The first-order valence-electron chi connectivity index (χ1n) is 6.84. The first-order valence-corrected chi connectivity index (χ1v) is 8.55. The molecule has 0 bridgehead atoms. The molecule has 3 heterocycles. The molecule has 3 N–H and O–H groups in total. The van der Waals surface area contributed by atoms with Crippen molar-refractivity contribution < 1.29 is 87.5 Å². The van der Waals surface area contributed by atoms with Crippen molar-refractivity contribution in [2.45, 2.75) is 0 Å². The molecule has 27 heavy (non-hydrogen) atoms. The Hall–Kier alpha value is -2.20. The predicted molar refractivity (Wildman–Crippen MR) is 83.5 cm³/mol. The molecule has 0 radical (unpaired) electrons. The zero-order valence-corrected chi connectivity index (χ0v) is 16.1. The molecule has 0 atom stereocenters. The van der Waals surface area contributed by atoms with Crippen LogP contribution >= 0.6 is 7.14 Å². The van der Waals surface area contributed by atoms with Crippen LogP contribution in [0.15, 0.2) is 49.6 Å². The van der Waals surface area contributed by atoms with Gasteiger partial charge in [-0.15, -0.1) is 0 Å². The van der Waals surface area contributed by atoms with Crippen molar-refractivity contribution in [1.82, 2.24) is 0 Å². The molecule has 0 aliphatic carbocycles. The standard InChI is InChI=1S/C15H9O10P.Gd/c16-13(17)7-1-4-10(23-7)26(22,11-5-2-8(24-11)14(18)19)12-6-3-9(25-12)15(20)21;/h1-6H,(H,16,17)(H,18,19)(H,20,21);. The molecule has 0 aromatic carbocycles. The molecule has 0 saturated heterocycles. The molecule has 0 aliphatic heterocycles. The van der Waals surface area contributed by atoms with Gasteiger partial charge in [-0.1, -0.05) is 0 Å². The van der Waals surface area contributed by atoms with E-state index in [4.69, 9.17) is 28.6 Å². The van der Waals surface area contributed by atoms with Crippen LogP contribution in [-0.4, -0.2) is 33.2 Å². The van der Waals surface area contributed by atoms with Crippen LogP contribution in [-0.2, 0) is 4.57 Å². The Kier molecular flexibility index (Phi) is 6.11. The van der Waals surface area contributed by atoms with Crippen LogP contribution in [0.4, 0.5) is 0 Å².